The number of aromatic amines is 1. The van der Waals surface area contributed by atoms with E-state index in [9.17, 15) is 4.79 Å². The smallest absolute Gasteiger partial charge is 0.255 e. The molecular weight excluding hydrogens is 414 g/mol. The van der Waals surface area contributed by atoms with Crippen LogP contribution >= 0.6 is 15.9 Å². The van der Waals surface area contributed by atoms with Crippen molar-refractivity contribution < 1.29 is 4.79 Å². The average Bonchev–Trinajstić information content (AvgIpc) is 3.14. The average molecular weight is 432 g/mol. The lowest BCUT2D eigenvalue weighted by atomic mass is 10.1. The number of benzene rings is 3. The molecule has 0 fully saturated rings. The summed E-state index contributed by atoms with van der Waals surface area (Å²) >= 11 is 3.45. The van der Waals surface area contributed by atoms with Crippen LogP contribution in [0.4, 0.5) is 0 Å². The highest BCUT2D eigenvalue weighted by molar-refractivity contribution is 9.10. The van der Waals surface area contributed by atoms with E-state index in [1.807, 2.05) is 85.8 Å². The normalized spacial score (nSPS) is 11.6. The Morgan fingerprint density at radius 1 is 1.00 bits per heavy atom. The number of hydrogen-bond donors (Lipinski definition) is 2. The lowest BCUT2D eigenvalue weighted by Gasteiger charge is -2.09. The molecule has 0 unspecified atom stereocenters. The van der Waals surface area contributed by atoms with Crippen molar-refractivity contribution in [3.63, 3.8) is 0 Å². The molecule has 0 spiro atoms. The minimum atomic E-state index is -0.177. The summed E-state index contributed by atoms with van der Waals surface area (Å²) in [4.78, 5) is 20.7. The van der Waals surface area contributed by atoms with Gasteiger partial charge in [-0.3, -0.25) is 4.79 Å². The molecule has 3 aromatic carbocycles. The Balaban J connectivity index is 1.73. The topological polar surface area (TPSA) is 57.8 Å². The number of halogens is 1. The van der Waals surface area contributed by atoms with E-state index in [0.717, 1.165) is 26.6 Å². The molecule has 1 aromatic heterocycles. The summed E-state index contributed by atoms with van der Waals surface area (Å²) in [6, 6.07) is 23.2. The molecule has 1 heterocycles. The van der Waals surface area contributed by atoms with Crippen molar-refractivity contribution in [2.24, 2.45) is 0 Å². The number of hydrogen-bond acceptors (Lipinski definition) is 2. The third-order valence-electron chi connectivity index (χ3n) is 4.39. The number of fused-ring (bicyclic) bond motifs is 1. The van der Waals surface area contributed by atoms with Crippen molar-refractivity contribution in [2.45, 2.75) is 6.92 Å². The number of para-hydroxylation sites is 2. The highest BCUT2D eigenvalue weighted by Crippen LogP contribution is 2.20. The van der Waals surface area contributed by atoms with Gasteiger partial charge in [0.25, 0.3) is 5.91 Å². The number of H-pyrrole nitrogens is 1. The Morgan fingerprint density at radius 3 is 2.43 bits per heavy atom. The van der Waals surface area contributed by atoms with Crippen LogP contribution in [0.15, 0.2) is 77.3 Å². The Bertz CT molecular complexity index is 1130. The lowest BCUT2D eigenvalue weighted by molar-refractivity contribution is 0.0973. The number of rotatable bonds is 4. The monoisotopic (exact) mass is 431 g/mol. The fraction of sp³-hybridized carbons (Fsp3) is 0.0435. The second-order valence-electron chi connectivity index (χ2n) is 6.53. The van der Waals surface area contributed by atoms with Crippen molar-refractivity contribution in [1.82, 2.24) is 15.3 Å². The quantitative estimate of drug-likeness (QED) is 0.444. The van der Waals surface area contributed by atoms with Gasteiger partial charge in [-0.1, -0.05) is 57.9 Å². The second-order valence-corrected chi connectivity index (χ2v) is 7.45. The van der Waals surface area contributed by atoms with Gasteiger partial charge in [0.1, 0.15) is 0 Å². The van der Waals surface area contributed by atoms with Gasteiger partial charge >= 0.3 is 0 Å². The van der Waals surface area contributed by atoms with Crippen LogP contribution in [0.25, 0.3) is 22.8 Å². The number of aromatic nitrogens is 2. The number of aryl methyl sites for hydroxylation is 1. The summed E-state index contributed by atoms with van der Waals surface area (Å²) in [5.74, 6) is 0.438. The zero-order valence-corrected chi connectivity index (χ0v) is 16.8. The summed E-state index contributed by atoms with van der Waals surface area (Å²) < 4.78 is 0.999. The highest BCUT2D eigenvalue weighted by Gasteiger charge is 2.13. The molecule has 2 N–H and O–H groups in total. The van der Waals surface area contributed by atoms with E-state index in [1.54, 1.807) is 0 Å². The maximum atomic E-state index is 12.8. The van der Waals surface area contributed by atoms with Gasteiger partial charge in [-0.05, 0) is 55.0 Å². The molecule has 0 aliphatic carbocycles. The molecule has 4 nitrogen and oxygen atoms in total. The fourth-order valence-electron chi connectivity index (χ4n) is 2.87. The maximum Gasteiger partial charge on any atom is 0.255 e. The van der Waals surface area contributed by atoms with Crippen molar-refractivity contribution in [3.8, 4) is 0 Å². The lowest BCUT2D eigenvalue weighted by Crippen LogP contribution is -2.22. The first kappa shape index (κ1) is 18.2. The molecule has 4 rings (SSSR count). The van der Waals surface area contributed by atoms with Gasteiger partial charge in [-0.25, -0.2) is 4.98 Å². The Morgan fingerprint density at radius 2 is 1.71 bits per heavy atom. The molecule has 0 aliphatic heterocycles. The summed E-state index contributed by atoms with van der Waals surface area (Å²) in [7, 11) is 0. The van der Waals surface area contributed by atoms with Gasteiger partial charge in [0.05, 0.1) is 16.7 Å². The third-order valence-corrected chi connectivity index (χ3v) is 4.92. The first-order chi connectivity index (χ1) is 13.6. The number of nitrogens with zero attached hydrogens (tertiary/aromatic N) is 1. The molecule has 4 aromatic rings. The van der Waals surface area contributed by atoms with Crippen LogP contribution in [-0.4, -0.2) is 15.9 Å². The predicted molar refractivity (Wildman–Crippen MR) is 117 cm³/mol. The van der Waals surface area contributed by atoms with Gasteiger partial charge in [0, 0.05) is 10.0 Å². The SMILES string of the molecule is Cc1ccc(C(=O)N/C(=C\c2ccc(Br)cc2)c2nc3ccccc3[nH]2)cc1. The number of nitrogens with one attached hydrogen (secondary N) is 2. The van der Waals surface area contributed by atoms with E-state index in [4.69, 9.17) is 0 Å². The standard InChI is InChI=1S/C23H18BrN3O/c1-15-6-10-17(11-7-15)23(28)27-21(14-16-8-12-18(24)13-9-16)22-25-19-4-2-3-5-20(19)26-22/h2-14H,1H3,(H,25,26)(H,27,28)/b21-14-. The molecule has 0 saturated heterocycles. The molecule has 0 aliphatic rings. The summed E-state index contributed by atoms with van der Waals surface area (Å²) in [5.41, 5.74) is 5.06. The molecule has 138 valence electrons. The van der Waals surface area contributed by atoms with Crippen molar-refractivity contribution in [3.05, 3.63) is 99.8 Å². The van der Waals surface area contributed by atoms with Crippen LogP contribution < -0.4 is 5.32 Å². The van der Waals surface area contributed by atoms with Crippen molar-refractivity contribution in [2.75, 3.05) is 0 Å². The summed E-state index contributed by atoms with van der Waals surface area (Å²) in [6.45, 7) is 1.99. The van der Waals surface area contributed by atoms with Crippen molar-refractivity contribution in [1.29, 1.82) is 0 Å². The molecule has 1 amide bonds. The second kappa shape index (κ2) is 7.82. The fourth-order valence-corrected chi connectivity index (χ4v) is 3.13. The summed E-state index contributed by atoms with van der Waals surface area (Å²) in [5, 5.41) is 3.01. The Labute approximate surface area is 171 Å². The maximum absolute atomic E-state index is 12.8. The van der Waals surface area contributed by atoms with Crippen LogP contribution in [0.3, 0.4) is 0 Å². The molecule has 0 bridgehead atoms. The molecule has 0 atom stereocenters. The first-order valence-electron chi connectivity index (χ1n) is 8.89. The molecule has 0 saturated carbocycles. The minimum Gasteiger partial charge on any atom is -0.337 e. The van der Waals surface area contributed by atoms with Crippen LogP contribution in [0, 0.1) is 6.92 Å². The number of imidazole rings is 1. The van der Waals surface area contributed by atoms with E-state index in [2.05, 4.69) is 31.2 Å². The summed E-state index contributed by atoms with van der Waals surface area (Å²) in [6.07, 6.45) is 1.91. The minimum absolute atomic E-state index is 0.177. The molecule has 28 heavy (non-hydrogen) atoms. The molecule has 5 heteroatoms. The van der Waals surface area contributed by atoms with Gasteiger partial charge in [-0.2, -0.15) is 0 Å². The Hall–Kier alpha value is -3.18. The molecular formula is C23H18BrN3O. The van der Waals surface area contributed by atoms with Crippen LogP contribution in [-0.2, 0) is 0 Å². The van der Waals surface area contributed by atoms with Crippen LogP contribution in [0.1, 0.15) is 27.3 Å². The Kier molecular flexibility index (Phi) is 5.08. The predicted octanol–water partition coefficient (Wildman–Crippen LogP) is 5.56. The van der Waals surface area contributed by atoms with E-state index in [1.165, 1.54) is 0 Å². The van der Waals surface area contributed by atoms with E-state index in [-0.39, 0.29) is 5.91 Å². The number of carbonyl (C=O) groups excluding carboxylic acids is 1. The van der Waals surface area contributed by atoms with Gasteiger partial charge in [0.15, 0.2) is 5.82 Å². The molecule has 0 radical (unpaired) electrons. The van der Waals surface area contributed by atoms with Gasteiger partial charge < -0.3 is 10.3 Å². The largest absolute Gasteiger partial charge is 0.337 e. The number of amides is 1. The number of carbonyl (C=O) groups is 1. The van der Waals surface area contributed by atoms with E-state index >= 15 is 0 Å². The highest BCUT2D eigenvalue weighted by atomic mass is 79.9. The van der Waals surface area contributed by atoms with Crippen LogP contribution in [0.5, 0.6) is 0 Å². The zero-order chi connectivity index (χ0) is 19.5. The van der Waals surface area contributed by atoms with E-state index < -0.39 is 0 Å². The third kappa shape index (κ3) is 4.05. The van der Waals surface area contributed by atoms with Gasteiger partial charge in [-0.15, -0.1) is 0 Å². The zero-order valence-electron chi connectivity index (χ0n) is 15.2. The van der Waals surface area contributed by atoms with Crippen molar-refractivity contribution >= 4 is 44.6 Å². The van der Waals surface area contributed by atoms with E-state index in [0.29, 0.717) is 17.1 Å². The van der Waals surface area contributed by atoms with Gasteiger partial charge in [0.2, 0.25) is 0 Å². The van der Waals surface area contributed by atoms with Crippen LogP contribution in [0.2, 0.25) is 0 Å². The first-order valence-corrected chi connectivity index (χ1v) is 9.68.